The predicted molar refractivity (Wildman–Crippen MR) is 118 cm³/mol. The van der Waals surface area contributed by atoms with Crippen LogP contribution in [0.25, 0.3) is 11.1 Å². The van der Waals surface area contributed by atoms with Crippen LogP contribution >= 0.6 is 23.8 Å². The van der Waals surface area contributed by atoms with Crippen LogP contribution < -0.4 is 16.2 Å². The first-order valence-corrected chi connectivity index (χ1v) is 9.60. The Morgan fingerprint density at radius 2 is 1.41 bits per heavy atom. The van der Waals surface area contributed by atoms with E-state index in [4.69, 9.17) is 23.8 Å². The van der Waals surface area contributed by atoms with Crippen LogP contribution in [-0.4, -0.2) is 16.9 Å². The number of hydrogen-bond acceptors (Lipinski definition) is 3. The Balaban J connectivity index is 1.48. The fourth-order valence-electron chi connectivity index (χ4n) is 2.61. The van der Waals surface area contributed by atoms with E-state index in [0.717, 1.165) is 16.7 Å². The van der Waals surface area contributed by atoms with Crippen LogP contribution in [0.15, 0.2) is 78.9 Å². The molecule has 146 valence electrons. The van der Waals surface area contributed by atoms with Gasteiger partial charge in [-0.1, -0.05) is 66.2 Å². The van der Waals surface area contributed by atoms with Gasteiger partial charge in [-0.15, -0.1) is 0 Å². The van der Waals surface area contributed by atoms with Crippen molar-refractivity contribution in [2.24, 2.45) is 0 Å². The quantitative estimate of drug-likeness (QED) is 0.440. The summed E-state index contributed by atoms with van der Waals surface area (Å²) in [4.78, 5) is 24.3. The van der Waals surface area contributed by atoms with E-state index in [1.807, 2.05) is 42.5 Å². The molecular formula is C22H18ClN3O2S. The summed E-state index contributed by atoms with van der Waals surface area (Å²) in [5.41, 5.74) is 8.33. The Bertz CT molecular complexity index is 1010. The molecule has 0 aromatic heterocycles. The molecule has 0 bridgehead atoms. The number of carbonyl (C=O) groups is 2. The lowest BCUT2D eigenvalue weighted by molar-refractivity contribution is -0.121. The van der Waals surface area contributed by atoms with E-state index in [1.165, 1.54) is 0 Å². The molecule has 3 N–H and O–H groups in total. The van der Waals surface area contributed by atoms with Crippen molar-refractivity contribution in [3.63, 3.8) is 0 Å². The van der Waals surface area contributed by atoms with Gasteiger partial charge in [-0.25, -0.2) is 0 Å². The summed E-state index contributed by atoms with van der Waals surface area (Å²) in [6.07, 6.45) is 0.154. The first-order valence-electron chi connectivity index (χ1n) is 8.81. The van der Waals surface area contributed by atoms with E-state index in [2.05, 4.69) is 16.2 Å². The van der Waals surface area contributed by atoms with E-state index >= 15 is 0 Å². The lowest BCUT2D eigenvalue weighted by Crippen LogP contribution is -2.48. The van der Waals surface area contributed by atoms with Crippen molar-refractivity contribution >= 4 is 40.7 Å². The topological polar surface area (TPSA) is 70.2 Å². The van der Waals surface area contributed by atoms with Crippen molar-refractivity contribution in [2.45, 2.75) is 6.42 Å². The van der Waals surface area contributed by atoms with Gasteiger partial charge in [0.1, 0.15) is 0 Å². The van der Waals surface area contributed by atoms with Crippen LogP contribution in [0.2, 0.25) is 5.02 Å². The summed E-state index contributed by atoms with van der Waals surface area (Å²) < 4.78 is 0. The number of halogens is 1. The highest BCUT2D eigenvalue weighted by atomic mass is 35.5. The van der Waals surface area contributed by atoms with Crippen LogP contribution in [0.1, 0.15) is 15.9 Å². The monoisotopic (exact) mass is 423 g/mol. The number of thiocarbonyl (C=S) groups is 1. The molecular weight excluding hydrogens is 406 g/mol. The predicted octanol–water partition coefficient (Wildman–Crippen LogP) is 3.89. The highest BCUT2D eigenvalue weighted by Crippen LogP contribution is 2.19. The highest BCUT2D eigenvalue weighted by Gasteiger charge is 2.09. The number of hydrogen-bond donors (Lipinski definition) is 3. The van der Waals surface area contributed by atoms with E-state index in [9.17, 15) is 9.59 Å². The molecule has 0 saturated heterocycles. The van der Waals surface area contributed by atoms with Crippen molar-refractivity contribution in [3.05, 3.63) is 95.0 Å². The Morgan fingerprint density at radius 1 is 0.793 bits per heavy atom. The fraction of sp³-hybridized carbons (Fsp3) is 0.0455. The maximum Gasteiger partial charge on any atom is 0.257 e. The Morgan fingerprint density at radius 3 is 2.07 bits per heavy atom. The van der Waals surface area contributed by atoms with E-state index in [0.29, 0.717) is 10.6 Å². The number of amides is 2. The van der Waals surface area contributed by atoms with Gasteiger partial charge in [-0.05, 0) is 53.2 Å². The lowest BCUT2D eigenvalue weighted by Gasteiger charge is -2.11. The minimum Gasteiger partial charge on any atom is -0.298 e. The zero-order valence-corrected chi connectivity index (χ0v) is 16.9. The third kappa shape index (κ3) is 6.14. The minimum absolute atomic E-state index is 0.00610. The first kappa shape index (κ1) is 20.5. The van der Waals surface area contributed by atoms with E-state index < -0.39 is 0 Å². The molecule has 0 fully saturated rings. The molecule has 2 amide bonds. The number of carbonyl (C=O) groups excluding carboxylic acids is 2. The van der Waals surface area contributed by atoms with E-state index in [-0.39, 0.29) is 23.3 Å². The largest absolute Gasteiger partial charge is 0.298 e. The number of hydrazine groups is 1. The van der Waals surface area contributed by atoms with Gasteiger partial charge in [0.25, 0.3) is 5.91 Å². The zero-order chi connectivity index (χ0) is 20.6. The molecule has 7 heteroatoms. The third-order valence-electron chi connectivity index (χ3n) is 4.07. The first-order chi connectivity index (χ1) is 14.0. The van der Waals surface area contributed by atoms with Crippen molar-refractivity contribution in [3.8, 4) is 11.1 Å². The molecule has 5 nitrogen and oxygen atoms in total. The molecule has 0 spiro atoms. The Hall–Kier alpha value is -3.22. The van der Waals surface area contributed by atoms with Crippen molar-refractivity contribution in [1.82, 2.24) is 16.2 Å². The molecule has 0 radical (unpaired) electrons. The summed E-state index contributed by atoms with van der Waals surface area (Å²) >= 11 is 10.9. The Labute approximate surface area is 179 Å². The summed E-state index contributed by atoms with van der Waals surface area (Å²) in [5.74, 6) is -0.662. The van der Waals surface area contributed by atoms with E-state index in [1.54, 1.807) is 36.4 Å². The SMILES string of the molecule is O=C(Cc1ccc(Cl)cc1)NNC(=S)NC(=O)c1ccc(-c2ccccc2)cc1. The Kier molecular flexibility index (Phi) is 6.94. The maximum absolute atomic E-state index is 12.3. The van der Waals surface area contributed by atoms with Crippen LogP contribution in [0, 0.1) is 0 Å². The number of rotatable bonds is 4. The summed E-state index contributed by atoms with van der Waals surface area (Å²) in [7, 11) is 0. The van der Waals surface area contributed by atoms with Crippen LogP contribution in [0.5, 0.6) is 0 Å². The van der Waals surface area contributed by atoms with Gasteiger partial charge in [0.2, 0.25) is 5.91 Å². The molecule has 0 aliphatic heterocycles. The smallest absolute Gasteiger partial charge is 0.257 e. The highest BCUT2D eigenvalue weighted by molar-refractivity contribution is 7.80. The number of benzene rings is 3. The molecule has 3 aromatic carbocycles. The van der Waals surface area contributed by atoms with Crippen molar-refractivity contribution in [1.29, 1.82) is 0 Å². The average Bonchev–Trinajstić information content (AvgIpc) is 2.74. The van der Waals surface area contributed by atoms with Gasteiger partial charge < -0.3 is 0 Å². The molecule has 29 heavy (non-hydrogen) atoms. The third-order valence-corrected chi connectivity index (χ3v) is 4.53. The lowest BCUT2D eigenvalue weighted by atomic mass is 10.0. The average molecular weight is 424 g/mol. The van der Waals surface area contributed by atoms with Crippen molar-refractivity contribution in [2.75, 3.05) is 0 Å². The minimum atomic E-state index is -0.367. The second-order valence-electron chi connectivity index (χ2n) is 6.20. The molecule has 0 heterocycles. The standard InChI is InChI=1S/C22H18ClN3O2S/c23-19-12-6-15(7-13-19)14-20(27)25-26-22(29)24-21(28)18-10-8-17(9-11-18)16-4-2-1-3-5-16/h1-13H,14H2,(H,25,27)(H2,24,26,28,29). The van der Waals surface area contributed by atoms with Gasteiger partial charge >= 0.3 is 0 Å². The van der Waals surface area contributed by atoms with Crippen LogP contribution in [-0.2, 0) is 11.2 Å². The molecule has 3 rings (SSSR count). The second kappa shape index (κ2) is 9.82. The maximum atomic E-state index is 12.3. The van der Waals surface area contributed by atoms with Crippen molar-refractivity contribution < 1.29 is 9.59 Å². The van der Waals surface area contributed by atoms with Gasteiger partial charge in [-0.3, -0.25) is 25.8 Å². The van der Waals surface area contributed by atoms with Crippen LogP contribution in [0.3, 0.4) is 0 Å². The molecule has 0 unspecified atom stereocenters. The molecule has 0 atom stereocenters. The number of nitrogens with one attached hydrogen (secondary N) is 3. The van der Waals surface area contributed by atoms with Gasteiger partial charge in [0.05, 0.1) is 6.42 Å². The fourth-order valence-corrected chi connectivity index (χ4v) is 2.88. The second-order valence-corrected chi connectivity index (χ2v) is 7.05. The van der Waals surface area contributed by atoms with Gasteiger partial charge in [-0.2, -0.15) is 0 Å². The summed E-state index contributed by atoms with van der Waals surface area (Å²) in [6, 6.07) is 24.0. The summed E-state index contributed by atoms with van der Waals surface area (Å²) in [6.45, 7) is 0. The molecule has 0 aliphatic carbocycles. The molecule has 3 aromatic rings. The molecule has 0 saturated carbocycles. The molecule has 0 aliphatic rings. The van der Waals surface area contributed by atoms with Gasteiger partial charge in [0, 0.05) is 10.6 Å². The van der Waals surface area contributed by atoms with Gasteiger partial charge in [0.15, 0.2) is 5.11 Å². The zero-order valence-electron chi connectivity index (χ0n) is 15.3. The normalized spacial score (nSPS) is 10.1. The summed E-state index contributed by atoms with van der Waals surface area (Å²) in [5, 5.41) is 3.14. The van der Waals surface area contributed by atoms with Crippen LogP contribution in [0.4, 0.5) is 0 Å².